The van der Waals surface area contributed by atoms with Crippen LogP contribution in [0.15, 0.2) is 47.1 Å². The first-order chi connectivity index (χ1) is 10.7. The molecule has 0 saturated heterocycles. The van der Waals surface area contributed by atoms with Crippen LogP contribution in [-0.2, 0) is 0 Å². The highest BCUT2D eigenvalue weighted by Gasteiger charge is 2.07. The second kappa shape index (κ2) is 8.54. The molecule has 0 bridgehead atoms. The minimum absolute atomic E-state index is 0.164. The van der Waals surface area contributed by atoms with Crippen LogP contribution in [0.3, 0.4) is 0 Å². The number of aromatic nitrogens is 1. The number of carbonyl (C=O) groups is 1. The molecule has 2 aromatic rings. The van der Waals surface area contributed by atoms with Crippen LogP contribution in [0.5, 0.6) is 0 Å². The molecular weight excluding hydrogens is 342 g/mol. The van der Waals surface area contributed by atoms with Crippen LogP contribution in [0.1, 0.15) is 36.5 Å². The number of amides is 1. The molecule has 1 aromatic heterocycles. The zero-order chi connectivity index (χ0) is 15.8. The molecule has 5 heteroatoms. The molecule has 0 aliphatic carbocycles. The quantitative estimate of drug-likeness (QED) is 0.702. The van der Waals surface area contributed by atoms with E-state index < -0.39 is 0 Å². The third-order valence-electron chi connectivity index (χ3n) is 3.19. The van der Waals surface area contributed by atoms with Gasteiger partial charge in [-0.05, 0) is 36.8 Å². The van der Waals surface area contributed by atoms with Crippen molar-refractivity contribution in [2.24, 2.45) is 0 Å². The molecule has 0 aliphatic heterocycles. The second-order valence-electron chi connectivity index (χ2n) is 5.03. The third-order valence-corrected chi connectivity index (χ3v) is 3.69. The molecule has 2 N–H and O–H groups in total. The molecule has 0 atom stereocenters. The van der Waals surface area contributed by atoms with E-state index in [0.717, 1.165) is 28.9 Å². The van der Waals surface area contributed by atoms with Crippen LogP contribution < -0.4 is 10.6 Å². The van der Waals surface area contributed by atoms with Crippen molar-refractivity contribution < 1.29 is 4.79 Å². The molecule has 0 fully saturated rings. The van der Waals surface area contributed by atoms with E-state index in [2.05, 4.69) is 38.5 Å². The molecular formula is C17H20BrN3O. The fourth-order valence-corrected chi connectivity index (χ4v) is 2.39. The Labute approximate surface area is 139 Å². The van der Waals surface area contributed by atoms with Gasteiger partial charge in [-0.2, -0.15) is 0 Å². The lowest BCUT2D eigenvalue weighted by atomic mass is 10.2. The normalized spacial score (nSPS) is 10.3. The second-order valence-corrected chi connectivity index (χ2v) is 5.95. The largest absolute Gasteiger partial charge is 0.370 e. The van der Waals surface area contributed by atoms with Gasteiger partial charge in [-0.3, -0.25) is 4.79 Å². The standard InChI is InChI=1S/C17H20BrN3O/c1-2-3-4-10-19-16-9-8-13(12-20-16)17(22)21-15-7-5-6-14(18)11-15/h5-9,11-12H,2-4,10H2,1H3,(H,19,20)(H,21,22). The van der Waals surface area contributed by atoms with Crippen molar-refractivity contribution in [3.63, 3.8) is 0 Å². The van der Waals surface area contributed by atoms with Gasteiger partial charge in [0, 0.05) is 22.9 Å². The van der Waals surface area contributed by atoms with Crippen molar-refractivity contribution in [2.45, 2.75) is 26.2 Å². The number of nitrogens with zero attached hydrogens (tertiary/aromatic N) is 1. The van der Waals surface area contributed by atoms with Crippen LogP contribution in [0.25, 0.3) is 0 Å². The molecule has 1 amide bonds. The molecule has 0 unspecified atom stereocenters. The van der Waals surface area contributed by atoms with Gasteiger partial charge in [0.1, 0.15) is 5.82 Å². The molecule has 1 aromatic carbocycles. The van der Waals surface area contributed by atoms with E-state index in [4.69, 9.17) is 0 Å². The van der Waals surface area contributed by atoms with Crippen LogP contribution in [0.4, 0.5) is 11.5 Å². The average Bonchev–Trinajstić information content (AvgIpc) is 2.52. The summed E-state index contributed by atoms with van der Waals surface area (Å²) in [7, 11) is 0. The molecule has 2 rings (SSSR count). The predicted octanol–water partition coefficient (Wildman–Crippen LogP) is 4.70. The van der Waals surface area contributed by atoms with Crippen molar-refractivity contribution in [3.05, 3.63) is 52.6 Å². The lowest BCUT2D eigenvalue weighted by Gasteiger charge is -2.07. The molecule has 0 spiro atoms. The summed E-state index contributed by atoms with van der Waals surface area (Å²) in [5.74, 6) is 0.637. The summed E-state index contributed by atoms with van der Waals surface area (Å²) in [6, 6.07) is 11.1. The highest BCUT2D eigenvalue weighted by atomic mass is 79.9. The van der Waals surface area contributed by atoms with Crippen LogP contribution in [-0.4, -0.2) is 17.4 Å². The number of benzene rings is 1. The Morgan fingerprint density at radius 3 is 2.77 bits per heavy atom. The minimum atomic E-state index is -0.164. The summed E-state index contributed by atoms with van der Waals surface area (Å²) in [6.45, 7) is 3.08. The summed E-state index contributed by atoms with van der Waals surface area (Å²) in [5, 5.41) is 6.10. The van der Waals surface area contributed by atoms with E-state index in [-0.39, 0.29) is 5.91 Å². The molecule has 0 saturated carbocycles. The number of rotatable bonds is 7. The van der Waals surface area contributed by atoms with Gasteiger partial charge in [-0.25, -0.2) is 4.98 Å². The van der Waals surface area contributed by atoms with Crippen molar-refractivity contribution in [1.29, 1.82) is 0 Å². The van der Waals surface area contributed by atoms with Crippen molar-refractivity contribution >= 4 is 33.3 Å². The number of carbonyl (C=O) groups excluding carboxylic acids is 1. The maximum Gasteiger partial charge on any atom is 0.257 e. The smallest absolute Gasteiger partial charge is 0.257 e. The van der Waals surface area contributed by atoms with Gasteiger partial charge in [0.15, 0.2) is 0 Å². The maximum atomic E-state index is 12.1. The summed E-state index contributed by atoms with van der Waals surface area (Å²) in [5.41, 5.74) is 1.29. The first-order valence-corrected chi connectivity index (χ1v) is 8.25. The molecule has 116 valence electrons. The molecule has 4 nitrogen and oxygen atoms in total. The Morgan fingerprint density at radius 2 is 2.09 bits per heavy atom. The topological polar surface area (TPSA) is 54.0 Å². The van der Waals surface area contributed by atoms with E-state index in [0.29, 0.717) is 5.56 Å². The lowest BCUT2D eigenvalue weighted by molar-refractivity contribution is 0.102. The highest BCUT2D eigenvalue weighted by Crippen LogP contribution is 2.16. The average molecular weight is 362 g/mol. The Bertz CT molecular complexity index is 614. The monoisotopic (exact) mass is 361 g/mol. The number of unbranched alkanes of at least 4 members (excludes halogenated alkanes) is 2. The first kappa shape index (κ1) is 16.5. The number of hydrogen-bond acceptors (Lipinski definition) is 3. The van der Waals surface area contributed by atoms with Gasteiger partial charge in [0.25, 0.3) is 5.91 Å². The van der Waals surface area contributed by atoms with Crippen molar-refractivity contribution in [1.82, 2.24) is 4.98 Å². The Kier molecular flexibility index (Phi) is 6.40. The Morgan fingerprint density at radius 1 is 1.23 bits per heavy atom. The maximum absolute atomic E-state index is 12.1. The van der Waals surface area contributed by atoms with E-state index in [1.165, 1.54) is 12.8 Å². The SMILES string of the molecule is CCCCCNc1ccc(C(=O)Nc2cccc(Br)c2)cn1. The molecule has 0 aliphatic rings. The number of nitrogens with one attached hydrogen (secondary N) is 2. The first-order valence-electron chi connectivity index (χ1n) is 7.46. The van der Waals surface area contributed by atoms with E-state index in [1.807, 2.05) is 30.3 Å². The number of pyridine rings is 1. The zero-order valence-electron chi connectivity index (χ0n) is 12.6. The third kappa shape index (κ3) is 5.15. The van der Waals surface area contributed by atoms with Gasteiger partial charge in [-0.15, -0.1) is 0 Å². The van der Waals surface area contributed by atoms with Crippen molar-refractivity contribution in [3.8, 4) is 0 Å². The molecule has 0 radical (unpaired) electrons. The molecule has 22 heavy (non-hydrogen) atoms. The Hall–Kier alpha value is -1.88. The van der Waals surface area contributed by atoms with Gasteiger partial charge in [0.2, 0.25) is 0 Å². The Balaban J connectivity index is 1.90. The highest BCUT2D eigenvalue weighted by molar-refractivity contribution is 9.10. The van der Waals surface area contributed by atoms with E-state index in [9.17, 15) is 4.79 Å². The lowest BCUT2D eigenvalue weighted by Crippen LogP contribution is -2.12. The van der Waals surface area contributed by atoms with Crippen LogP contribution in [0, 0.1) is 0 Å². The molecule has 1 heterocycles. The summed E-state index contributed by atoms with van der Waals surface area (Å²) in [4.78, 5) is 16.4. The number of anilines is 2. The number of hydrogen-bond donors (Lipinski definition) is 2. The van der Waals surface area contributed by atoms with Crippen LogP contribution >= 0.6 is 15.9 Å². The van der Waals surface area contributed by atoms with Gasteiger partial charge in [0.05, 0.1) is 5.56 Å². The van der Waals surface area contributed by atoms with Crippen LogP contribution in [0.2, 0.25) is 0 Å². The summed E-state index contributed by atoms with van der Waals surface area (Å²) >= 11 is 3.38. The summed E-state index contributed by atoms with van der Waals surface area (Å²) < 4.78 is 0.926. The van der Waals surface area contributed by atoms with Gasteiger partial charge in [-0.1, -0.05) is 41.8 Å². The fraction of sp³-hybridized carbons (Fsp3) is 0.294. The summed E-state index contributed by atoms with van der Waals surface area (Å²) in [6.07, 6.45) is 5.13. The van der Waals surface area contributed by atoms with E-state index >= 15 is 0 Å². The zero-order valence-corrected chi connectivity index (χ0v) is 14.2. The van der Waals surface area contributed by atoms with Crippen molar-refractivity contribution in [2.75, 3.05) is 17.2 Å². The minimum Gasteiger partial charge on any atom is -0.370 e. The number of halogens is 1. The van der Waals surface area contributed by atoms with E-state index in [1.54, 1.807) is 12.3 Å². The predicted molar refractivity (Wildman–Crippen MR) is 94.3 cm³/mol. The fourth-order valence-electron chi connectivity index (χ4n) is 1.99. The van der Waals surface area contributed by atoms with Gasteiger partial charge >= 0.3 is 0 Å². The van der Waals surface area contributed by atoms with Gasteiger partial charge < -0.3 is 10.6 Å².